The van der Waals surface area contributed by atoms with Crippen LogP contribution in [0.5, 0.6) is 0 Å². The molecule has 2 unspecified atom stereocenters. The molecular formula is C18H31ClN2O5S. The maximum absolute atomic E-state index is 13.2. The highest BCUT2D eigenvalue weighted by molar-refractivity contribution is 7.91. The second-order valence-corrected chi connectivity index (χ2v) is 10.5. The first kappa shape index (κ1) is 22.4. The van der Waals surface area contributed by atoms with E-state index in [1.807, 2.05) is 18.7 Å². The lowest BCUT2D eigenvalue weighted by Crippen LogP contribution is -2.51. The van der Waals surface area contributed by atoms with Gasteiger partial charge in [0, 0.05) is 25.7 Å². The van der Waals surface area contributed by atoms with E-state index in [1.54, 1.807) is 4.90 Å². The molecule has 0 bridgehead atoms. The minimum Gasteiger partial charge on any atom is -0.481 e. The second-order valence-electron chi connectivity index (χ2n) is 8.24. The minimum absolute atomic E-state index is 0. The molecule has 2 saturated heterocycles. The summed E-state index contributed by atoms with van der Waals surface area (Å²) in [6.07, 6.45) is 3.81. The average Bonchev–Trinajstić information content (AvgIpc) is 3.23. The minimum atomic E-state index is -3.06. The molecule has 3 fully saturated rings. The van der Waals surface area contributed by atoms with E-state index in [2.05, 4.69) is 0 Å². The summed E-state index contributed by atoms with van der Waals surface area (Å²) in [6.45, 7) is 5.43. The fraction of sp³-hybridized carbons (Fsp3) is 0.889. The van der Waals surface area contributed by atoms with Crippen LogP contribution in [0.2, 0.25) is 0 Å². The quantitative estimate of drug-likeness (QED) is 0.695. The number of halogens is 1. The lowest BCUT2D eigenvalue weighted by atomic mass is 9.81. The maximum atomic E-state index is 13.2. The molecule has 0 spiro atoms. The van der Waals surface area contributed by atoms with Crippen molar-refractivity contribution >= 4 is 34.1 Å². The van der Waals surface area contributed by atoms with Gasteiger partial charge in [-0.3, -0.25) is 14.5 Å². The van der Waals surface area contributed by atoms with Crippen molar-refractivity contribution in [1.82, 2.24) is 9.80 Å². The van der Waals surface area contributed by atoms with E-state index in [4.69, 9.17) is 0 Å². The first-order valence-corrected chi connectivity index (χ1v) is 11.5. The van der Waals surface area contributed by atoms with Crippen LogP contribution in [0, 0.1) is 11.3 Å². The summed E-state index contributed by atoms with van der Waals surface area (Å²) in [6, 6.07) is -0.655. The van der Waals surface area contributed by atoms with Crippen molar-refractivity contribution in [3.05, 3.63) is 0 Å². The maximum Gasteiger partial charge on any atom is 0.311 e. The third-order valence-electron chi connectivity index (χ3n) is 6.62. The van der Waals surface area contributed by atoms with Gasteiger partial charge in [0.2, 0.25) is 5.91 Å². The highest BCUT2D eigenvalue weighted by Crippen LogP contribution is 2.49. The van der Waals surface area contributed by atoms with Crippen LogP contribution >= 0.6 is 12.4 Å². The molecule has 1 aliphatic carbocycles. The van der Waals surface area contributed by atoms with Crippen LogP contribution in [0.25, 0.3) is 0 Å². The summed E-state index contributed by atoms with van der Waals surface area (Å²) in [5, 5.41) is 9.75. The van der Waals surface area contributed by atoms with Gasteiger partial charge in [-0.15, -0.1) is 12.4 Å². The van der Waals surface area contributed by atoms with Crippen LogP contribution in [0.15, 0.2) is 0 Å². The first-order chi connectivity index (χ1) is 12.2. The van der Waals surface area contributed by atoms with Crippen LogP contribution in [0.4, 0.5) is 0 Å². The molecule has 3 aliphatic rings. The van der Waals surface area contributed by atoms with E-state index in [0.717, 1.165) is 19.3 Å². The molecular weight excluding hydrogens is 392 g/mol. The summed E-state index contributed by atoms with van der Waals surface area (Å²) in [5.41, 5.74) is -0.708. The Morgan fingerprint density at radius 2 is 2.04 bits per heavy atom. The van der Waals surface area contributed by atoms with Gasteiger partial charge in [0.15, 0.2) is 9.84 Å². The number of carbonyl (C=O) groups excluding carboxylic acids is 1. The van der Waals surface area contributed by atoms with Crippen molar-refractivity contribution < 1.29 is 23.1 Å². The number of sulfone groups is 1. The number of amides is 1. The number of carboxylic acid groups (broad SMARTS) is 1. The molecule has 1 N–H and O–H groups in total. The van der Waals surface area contributed by atoms with E-state index in [0.29, 0.717) is 32.5 Å². The average molecular weight is 423 g/mol. The third kappa shape index (κ3) is 4.12. The molecule has 27 heavy (non-hydrogen) atoms. The predicted molar refractivity (Wildman–Crippen MR) is 105 cm³/mol. The summed E-state index contributed by atoms with van der Waals surface area (Å²) in [7, 11) is -3.06. The third-order valence-corrected chi connectivity index (χ3v) is 8.38. The number of nitrogens with zero attached hydrogens (tertiary/aromatic N) is 2. The van der Waals surface area contributed by atoms with Gasteiger partial charge in [0.05, 0.1) is 23.0 Å². The molecule has 2 heterocycles. The molecule has 0 aromatic carbocycles. The lowest BCUT2D eigenvalue weighted by molar-refractivity contribution is -0.150. The highest BCUT2D eigenvalue weighted by Gasteiger charge is 2.56. The van der Waals surface area contributed by atoms with Crippen molar-refractivity contribution in [3.63, 3.8) is 0 Å². The number of aliphatic carboxylic acids is 1. The van der Waals surface area contributed by atoms with E-state index in [9.17, 15) is 23.1 Å². The van der Waals surface area contributed by atoms with Crippen LogP contribution in [0.1, 0.15) is 46.0 Å². The Morgan fingerprint density at radius 1 is 1.33 bits per heavy atom. The Labute approximate surface area is 167 Å². The van der Waals surface area contributed by atoms with Gasteiger partial charge in [-0.2, -0.15) is 0 Å². The number of likely N-dealkylation sites (tertiary alicyclic amines) is 1. The number of hydrogen-bond donors (Lipinski definition) is 1. The molecule has 0 aromatic heterocycles. The van der Waals surface area contributed by atoms with E-state index < -0.39 is 27.3 Å². The van der Waals surface area contributed by atoms with E-state index >= 15 is 0 Å². The Balaban J connectivity index is 0.00000261. The topological polar surface area (TPSA) is 95.0 Å². The van der Waals surface area contributed by atoms with Crippen molar-refractivity contribution in [2.24, 2.45) is 11.3 Å². The molecule has 9 heteroatoms. The smallest absolute Gasteiger partial charge is 0.311 e. The van der Waals surface area contributed by atoms with Crippen molar-refractivity contribution in [2.45, 2.75) is 58.0 Å². The molecule has 156 valence electrons. The zero-order valence-corrected chi connectivity index (χ0v) is 17.7. The summed E-state index contributed by atoms with van der Waals surface area (Å²) in [5.74, 6) is -0.494. The monoisotopic (exact) mass is 422 g/mol. The van der Waals surface area contributed by atoms with Crippen molar-refractivity contribution in [1.29, 1.82) is 0 Å². The molecule has 4 atom stereocenters. The molecule has 0 aromatic rings. The fourth-order valence-corrected chi connectivity index (χ4v) is 6.83. The van der Waals surface area contributed by atoms with Crippen LogP contribution in [-0.4, -0.2) is 78.4 Å². The van der Waals surface area contributed by atoms with Gasteiger partial charge in [0.25, 0.3) is 0 Å². The Morgan fingerprint density at radius 3 is 2.56 bits per heavy atom. The number of fused-ring (bicyclic) bond motifs is 1. The molecule has 2 aliphatic heterocycles. The standard InChI is InChI=1S/C18H30N2O5S.ClH/c1-3-8-20(15-6-9-26(24,25)11-15)16(21)13(2)19-10-14-5-4-7-18(14,12-19)17(22)23;/h13-15H,3-12H2,1-2H3,(H,22,23);1H/t13?,14-,15?,18+;/m0./s1. The Bertz CT molecular complexity index is 685. The van der Waals surface area contributed by atoms with E-state index in [-0.39, 0.29) is 41.8 Å². The Hall–Kier alpha value is -0.860. The molecule has 3 rings (SSSR count). The van der Waals surface area contributed by atoms with Gasteiger partial charge >= 0.3 is 5.97 Å². The van der Waals surface area contributed by atoms with Gasteiger partial charge in [-0.05, 0) is 38.5 Å². The normalized spacial score (nSPS) is 33.3. The summed E-state index contributed by atoms with van der Waals surface area (Å²) < 4.78 is 23.7. The largest absolute Gasteiger partial charge is 0.481 e. The summed E-state index contributed by atoms with van der Waals surface area (Å²) in [4.78, 5) is 28.8. The van der Waals surface area contributed by atoms with Gasteiger partial charge in [-0.1, -0.05) is 13.3 Å². The first-order valence-electron chi connectivity index (χ1n) is 9.68. The molecule has 7 nitrogen and oxygen atoms in total. The lowest BCUT2D eigenvalue weighted by Gasteiger charge is -2.34. The number of carbonyl (C=O) groups is 2. The number of hydrogen-bond acceptors (Lipinski definition) is 5. The van der Waals surface area contributed by atoms with Gasteiger partial charge in [0.1, 0.15) is 0 Å². The van der Waals surface area contributed by atoms with E-state index in [1.165, 1.54) is 0 Å². The summed E-state index contributed by atoms with van der Waals surface area (Å²) >= 11 is 0. The highest BCUT2D eigenvalue weighted by atomic mass is 35.5. The molecule has 0 radical (unpaired) electrons. The fourth-order valence-electron chi connectivity index (χ4n) is 5.10. The SMILES string of the molecule is CCCN(C(=O)C(C)N1C[C@@H]2CCC[C@@]2(C(=O)O)C1)C1CCS(=O)(=O)C1.Cl. The van der Waals surface area contributed by atoms with Crippen LogP contribution < -0.4 is 0 Å². The van der Waals surface area contributed by atoms with Crippen LogP contribution in [0.3, 0.4) is 0 Å². The van der Waals surface area contributed by atoms with Gasteiger partial charge in [-0.25, -0.2) is 8.42 Å². The predicted octanol–water partition coefficient (Wildman–Crippen LogP) is 1.41. The Kier molecular flexibility index (Phi) is 6.85. The zero-order valence-electron chi connectivity index (χ0n) is 16.1. The number of rotatable bonds is 6. The van der Waals surface area contributed by atoms with Crippen molar-refractivity contribution in [2.75, 3.05) is 31.1 Å². The van der Waals surface area contributed by atoms with Gasteiger partial charge < -0.3 is 10.0 Å². The second kappa shape index (κ2) is 8.25. The van der Waals surface area contributed by atoms with Crippen molar-refractivity contribution in [3.8, 4) is 0 Å². The number of carboxylic acids is 1. The molecule has 1 amide bonds. The van der Waals surface area contributed by atoms with Crippen LogP contribution in [-0.2, 0) is 19.4 Å². The zero-order chi connectivity index (χ0) is 19.1. The molecule has 1 saturated carbocycles.